The van der Waals surface area contributed by atoms with Crippen molar-refractivity contribution >= 4 is 11.7 Å². The Morgan fingerprint density at radius 1 is 0.744 bits per heavy atom. The first-order valence-electron chi connectivity index (χ1n) is 12.8. The van der Waals surface area contributed by atoms with Crippen molar-refractivity contribution in [2.45, 2.75) is 19.4 Å². The summed E-state index contributed by atoms with van der Waals surface area (Å²) in [7, 11) is 1.62. The summed E-state index contributed by atoms with van der Waals surface area (Å²) in [4.78, 5) is 22.4. The van der Waals surface area contributed by atoms with Gasteiger partial charge in [0.05, 0.1) is 31.1 Å². The molecule has 0 aliphatic heterocycles. The molecule has 1 aromatic heterocycles. The second-order valence-electron chi connectivity index (χ2n) is 9.08. The SMILES string of the molecule is COc1ccc(CC(=O)Nc2ncc(-c3ccc(OCc4ccccc4)cc3)nc2Cc2ccccc2)cc1. The van der Waals surface area contributed by atoms with Crippen LogP contribution in [0.15, 0.2) is 115 Å². The number of nitrogens with one attached hydrogen (secondary N) is 1. The molecular weight excluding hydrogens is 486 g/mol. The van der Waals surface area contributed by atoms with Gasteiger partial charge in [-0.15, -0.1) is 0 Å². The van der Waals surface area contributed by atoms with Crippen LogP contribution in [0.1, 0.15) is 22.4 Å². The van der Waals surface area contributed by atoms with Gasteiger partial charge in [0.2, 0.25) is 5.91 Å². The molecule has 0 saturated carbocycles. The van der Waals surface area contributed by atoms with Crippen LogP contribution in [-0.2, 0) is 24.2 Å². The number of rotatable bonds is 10. The Morgan fingerprint density at radius 2 is 1.38 bits per heavy atom. The standard InChI is InChI=1S/C33H29N3O3/c1-38-28-16-12-25(13-17-28)21-32(37)36-33-30(20-24-8-4-2-5-9-24)35-31(22-34-33)27-14-18-29(19-15-27)39-23-26-10-6-3-7-11-26/h2-19,22H,20-21,23H2,1H3,(H,34,36,37). The highest BCUT2D eigenvalue weighted by Crippen LogP contribution is 2.24. The third-order valence-electron chi connectivity index (χ3n) is 6.24. The van der Waals surface area contributed by atoms with Crippen LogP contribution in [0.4, 0.5) is 5.82 Å². The summed E-state index contributed by atoms with van der Waals surface area (Å²) in [5, 5.41) is 2.96. The van der Waals surface area contributed by atoms with E-state index in [1.54, 1.807) is 13.3 Å². The molecule has 0 aliphatic rings. The summed E-state index contributed by atoms with van der Waals surface area (Å²) in [6, 6.07) is 35.3. The summed E-state index contributed by atoms with van der Waals surface area (Å²) >= 11 is 0. The Kier molecular flexibility index (Phi) is 8.24. The van der Waals surface area contributed by atoms with Crippen molar-refractivity contribution in [2.75, 3.05) is 12.4 Å². The van der Waals surface area contributed by atoms with Crippen molar-refractivity contribution in [1.82, 2.24) is 9.97 Å². The zero-order chi connectivity index (χ0) is 26.9. The van der Waals surface area contributed by atoms with E-state index in [2.05, 4.69) is 10.3 Å². The van der Waals surface area contributed by atoms with Gasteiger partial charge in [0.1, 0.15) is 18.1 Å². The van der Waals surface area contributed by atoms with Crippen LogP contribution in [0.25, 0.3) is 11.3 Å². The lowest BCUT2D eigenvalue weighted by atomic mass is 10.1. The molecule has 1 heterocycles. The van der Waals surface area contributed by atoms with E-state index in [-0.39, 0.29) is 12.3 Å². The molecule has 39 heavy (non-hydrogen) atoms. The predicted molar refractivity (Wildman–Crippen MR) is 153 cm³/mol. The fourth-order valence-corrected chi connectivity index (χ4v) is 4.15. The Labute approximate surface area is 228 Å². The van der Waals surface area contributed by atoms with Gasteiger partial charge >= 0.3 is 0 Å². The van der Waals surface area contributed by atoms with Crippen molar-refractivity contribution in [1.29, 1.82) is 0 Å². The molecule has 0 bridgehead atoms. The molecule has 5 rings (SSSR count). The van der Waals surface area contributed by atoms with E-state index < -0.39 is 0 Å². The van der Waals surface area contributed by atoms with Gasteiger partial charge in [0.25, 0.3) is 0 Å². The van der Waals surface area contributed by atoms with E-state index in [9.17, 15) is 4.79 Å². The zero-order valence-electron chi connectivity index (χ0n) is 21.7. The van der Waals surface area contributed by atoms with Gasteiger partial charge in [0, 0.05) is 12.0 Å². The number of hydrogen-bond donors (Lipinski definition) is 1. The van der Waals surface area contributed by atoms with E-state index in [0.717, 1.165) is 39.4 Å². The Balaban J connectivity index is 1.33. The van der Waals surface area contributed by atoms with Gasteiger partial charge in [-0.2, -0.15) is 0 Å². The zero-order valence-corrected chi connectivity index (χ0v) is 21.7. The molecule has 0 fully saturated rings. The number of ether oxygens (including phenoxy) is 2. The highest BCUT2D eigenvalue weighted by Gasteiger charge is 2.14. The predicted octanol–water partition coefficient (Wildman–Crippen LogP) is 6.50. The molecule has 0 saturated heterocycles. The summed E-state index contributed by atoms with van der Waals surface area (Å²) in [6.45, 7) is 0.506. The van der Waals surface area contributed by atoms with Crippen LogP contribution >= 0.6 is 0 Å². The van der Waals surface area contributed by atoms with E-state index in [4.69, 9.17) is 14.5 Å². The molecule has 0 radical (unpaired) electrons. The Morgan fingerprint density at radius 3 is 2.05 bits per heavy atom. The third-order valence-corrected chi connectivity index (χ3v) is 6.24. The lowest BCUT2D eigenvalue weighted by Gasteiger charge is -2.12. The molecular formula is C33H29N3O3. The minimum Gasteiger partial charge on any atom is -0.497 e. The van der Waals surface area contributed by atoms with Crippen LogP contribution in [0.3, 0.4) is 0 Å². The number of carbonyl (C=O) groups is 1. The lowest BCUT2D eigenvalue weighted by Crippen LogP contribution is -2.17. The minimum absolute atomic E-state index is 0.156. The van der Waals surface area contributed by atoms with Crippen LogP contribution in [0.5, 0.6) is 11.5 Å². The average molecular weight is 516 g/mol. The number of carbonyl (C=O) groups excluding carboxylic acids is 1. The van der Waals surface area contributed by atoms with Crippen molar-refractivity contribution in [3.63, 3.8) is 0 Å². The van der Waals surface area contributed by atoms with Gasteiger partial charge < -0.3 is 14.8 Å². The topological polar surface area (TPSA) is 73.3 Å². The summed E-state index contributed by atoms with van der Waals surface area (Å²) in [6.07, 6.45) is 2.46. The summed E-state index contributed by atoms with van der Waals surface area (Å²) in [5.74, 6) is 1.84. The minimum atomic E-state index is -0.156. The van der Waals surface area contributed by atoms with Crippen LogP contribution in [0, 0.1) is 0 Å². The normalized spacial score (nSPS) is 10.6. The van der Waals surface area contributed by atoms with Gasteiger partial charge in [-0.3, -0.25) is 4.79 Å². The largest absolute Gasteiger partial charge is 0.497 e. The second-order valence-corrected chi connectivity index (χ2v) is 9.08. The molecule has 0 atom stereocenters. The van der Waals surface area contributed by atoms with Crippen molar-refractivity contribution in [3.8, 4) is 22.8 Å². The molecule has 0 aliphatic carbocycles. The molecule has 0 spiro atoms. The van der Waals surface area contributed by atoms with Crippen molar-refractivity contribution in [3.05, 3.63) is 138 Å². The highest BCUT2D eigenvalue weighted by atomic mass is 16.5. The summed E-state index contributed by atoms with van der Waals surface area (Å²) < 4.78 is 11.1. The van der Waals surface area contributed by atoms with E-state index >= 15 is 0 Å². The number of hydrogen-bond acceptors (Lipinski definition) is 5. The first-order valence-corrected chi connectivity index (χ1v) is 12.8. The number of nitrogens with zero attached hydrogens (tertiary/aromatic N) is 2. The first-order chi connectivity index (χ1) is 19.2. The van der Waals surface area contributed by atoms with E-state index in [1.807, 2.05) is 109 Å². The number of aromatic nitrogens is 2. The fraction of sp³-hybridized carbons (Fsp3) is 0.121. The highest BCUT2D eigenvalue weighted by molar-refractivity contribution is 5.92. The molecule has 194 valence electrons. The van der Waals surface area contributed by atoms with Crippen LogP contribution in [-0.4, -0.2) is 23.0 Å². The molecule has 4 aromatic carbocycles. The number of benzene rings is 4. The van der Waals surface area contributed by atoms with Crippen LogP contribution in [0.2, 0.25) is 0 Å². The van der Waals surface area contributed by atoms with Gasteiger partial charge in [-0.1, -0.05) is 72.8 Å². The third kappa shape index (κ3) is 7.08. The Bertz CT molecular complexity index is 1500. The number of anilines is 1. The van der Waals surface area contributed by atoms with Crippen molar-refractivity contribution < 1.29 is 14.3 Å². The van der Waals surface area contributed by atoms with Crippen molar-refractivity contribution in [2.24, 2.45) is 0 Å². The molecule has 5 aromatic rings. The maximum Gasteiger partial charge on any atom is 0.229 e. The molecule has 1 amide bonds. The smallest absolute Gasteiger partial charge is 0.229 e. The maximum atomic E-state index is 12.9. The van der Waals surface area contributed by atoms with E-state index in [0.29, 0.717) is 24.5 Å². The Hall–Kier alpha value is -4.97. The van der Waals surface area contributed by atoms with Crippen LogP contribution < -0.4 is 14.8 Å². The molecule has 1 N–H and O–H groups in total. The molecule has 6 nitrogen and oxygen atoms in total. The molecule has 6 heteroatoms. The number of methoxy groups -OCH3 is 1. The van der Waals surface area contributed by atoms with Gasteiger partial charge in [0.15, 0.2) is 5.82 Å². The van der Waals surface area contributed by atoms with E-state index in [1.165, 1.54) is 0 Å². The second kappa shape index (κ2) is 12.5. The van der Waals surface area contributed by atoms with Gasteiger partial charge in [-0.25, -0.2) is 9.97 Å². The lowest BCUT2D eigenvalue weighted by molar-refractivity contribution is -0.115. The maximum absolute atomic E-state index is 12.9. The average Bonchev–Trinajstić information content (AvgIpc) is 2.99. The summed E-state index contributed by atoms with van der Waals surface area (Å²) in [5.41, 5.74) is 5.42. The first kappa shape index (κ1) is 25.7. The quantitative estimate of drug-likeness (QED) is 0.230. The molecule has 0 unspecified atom stereocenters. The number of amides is 1. The fourth-order valence-electron chi connectivity index (χ4n) is 4.15. The monoisotopic (exact) mass is 515 g/mol. The van der Waals surface area contributed by atoms with Gasteiger partial charge in [-0.05, 0) is 53.1 Å².